The van der Waals surface area contributed by atoms with E-state index >= 15 is 0 Å². The smallest absolute Gasteiger partial charge is 0.229 e. The van der Waals surface area contributed by atoms with E-state index in [1.165, 1.54) is 10.7 Å². The summed E-state index contributed by atoms with van der Waals surface area (Å²) in [6.07, 6.45) is 4.87. The van der Waals surface area contributed by atoms with E-state index in [0.29, 0.717) is 23.8 Å². The van der Waals surface area contributed by atoms with Crippen molar-refractivity contribution in [2.75, 3.05) is 24.1 Å². The fourth-order valence-electron chi connectivity index (χ4n) is 3.85. The number of nitrogens with zero attached hydrogens (tertiary/aromatic N) is 4. The van der Waals surface area contributed by atoms with Gasteiger partial charge in [-0.15, -0.1) is 5.10 Å². The maximum Gasteiger partial charge on any atom is 0.229 e. The molecule has 0 saturated carbocycles. The first-order chi connectivity index (χ1) is 14.4. The average molecular weight is 430 g/mol. The number of para-hydroxylation sites is 1. The van der Waals surface area contributed by atoms with Gasteiger partial charge in [-0.25, -0.2) is 17.5 Å². The number of piperidine rings is 1. The second-order valence-corrected chi connectivity index (χ2v) is 9.40. The molecule has 7 nitrogen and oxygen atoms in total. The molecule has 9 heteroatoms. The van der Waals surface area contributed by atoms with Crippen LogP contribution in [0.5, 0.6) is 0 Å². The zero-order valence-corrected chi connectivity index (χ0v) is 17.5. The lowest BCUT2D eigenvalue weighted by molar-refractivity contribution is 0.202. The molecule has 0 bridgehead atoms. The fraction of sp³-hybridized carbons (Fsp3) is 0.333. The molecule has 0 radical (unpaired) electrons. The summed E-state index contributed by atoms with van der Waals surface area (Å²) in [6.45, 7) is 2.47. The Morgan fingerprint density at radius 2 is 1.90 bits per heavy atom. The Balaban J connectivity index is 1.36. The van der Waals surface area contributed by atoms with Crippen LogP contribution in [0, 0.1) is 5.82 Å². The van der Waals surface area contributed by atoms with Crippen molar-refractivity contribution in [1.29, 1.82) is 0 Å². The Labute approximate surface area is 175 Å². The number of benzene rings is 2. The third kappa shape index (κ3) is 5.03. The maximum atomic E-state index is 13.9. The molecule has 3 aromatic rings. The normalized spacial score (nSPS) is 15.9. The van der Waals surface area contributed by atoms with Crippen LogP contribution in [0.15, 0.2) is 54.7 Å². The molecule has 158 valence electrons. The number of anilines is 1. The van der Waals surface area contributed by atoms with Crippen LogP contribution in [0.1, 0.15) is 30.0 Å². The molecule has 4 rings (SSSR count). The number of halogens is 1. The van der Waals surface area contributed by atoms with E-state index in [1.807, 2.05) is 18.2 Å². The summed E-state index contributed by atoms with van der Waals surface area (Å²) in [4.78, 5) is 2.31. The Bertz CT molecular complexity index is 1120. The monoisotopic (exact) mass is 429 g/mol. The van der Waals surface area contributed by atoms with Crippen molar-refractivity contribution in [3.63, 3.8) is 0 Å². The second-order valence-electron chi connectivity index (χ2n) is 7.66. The van der Waals surface area contributed by atoms with Crippen molar-refractivity contribution in [1.82, 2.24) is 19.9 Å². The van der Waals surface area contributed by atoms with Crippen LogP contribution in [0.4, 0.5) is 10.1 Å². The van der Waals surface area contributed by atoms with Crippen LogP contribution >= 0.6 is 0 Å². The number of hydrogen-bond acceptors (Lipinski definition) is 5. The van der Waals surface area contributed by atoms with Gasteiger partial charge in [0.2, 0.25) is 10.0 Å². The van der Waals surface area contributed by atoms with E-state index in [9.17, 15) is 12.8 Å². The number of aromatic nitrogens is 3. The van der Waals surface area contributed by atoms with Gasteiger partial charge in [-0.3, -0.25) is 9.62 Å². The summed E-state index contributed by atoms with van der Waals surface area (Å²) < 4.78 is 40.9. The van der Waals surface area contributed by atoms with E-state index in [1.54, 1.807) is 30.5 Å². The summed E-state index contributed by atoms with van der Waals surface area (Å²) in [5.74, 6) is 0.0546. The van der Waals surface area contributed by atoms with Gasteiger partial charge in [0.05, 0.1) is 18.1 Å². The van der Waals surface area contributed by atoms with Gasteiger partial charge in [0.1, 0.15) is 11.5 Å². The molecule has 2 heterocycles. The quantitative estimate of drug-likeness (QED) is 0.651. The van der Waals surface area contributed by atoms with Crippen molar-refractivity contribution in [3.8, 4) is 5.69 Å². The van der Waals surface area contributed by atoms with E-state index in [4.69, 9.17) is 0 Å². The Kier molecular flexibility index (Phi) is 5.83. The zero-order valence-electron chi connectivity index (χ0n) is 16.7. The number of nitrogens with one attached hydrogen (secondary N) is 1. The lowest BCUT2D eigenvalue weighted by Gasteiger charge is -2.31. The standard InChI is InChI=1S/C21H24FN5O2S/c1-30(28,29)24-18-6-4-5-17(13-18)16-9-11-26(12-10-16)14-19-15-27(25-23-19)21-8-3-2-7-20(21)22/h2-8,13,15-16,24H,9-12,14H2,1H3. The Hall–Kier alpha value is -2.78. The van der Waals surface area contributed by atoms with Crippen LogP contribution < -0.4 is 4.72 Å². The van der Waals surface area contributed by atoms with Gasteiger partial charge in [-0.05, 0) is 61.7 Å². The SMILES string of the molecule is CS(=O)(=O)Nc1cccc(C2CCN(Cc3cn(-c4ccccc4F)nn3)CC2)c1. The summed E-state index contributed by atoms with van der Waals surface area (Å²) in [5.41, 5.74) is 2.93. The molecule has 0 atom stereocenters. The summed E-state index contributed by atoms with van der Waals surface area (Å²) in [7, 11) is -3.29. The third-order valence-electron chi connectivity index (χ3n) is 5.27. The van der Waals surface area contributed by atoms with Crippen molar-refractivity contribution >= 4 is 15.7 Å². The predicted molar refractivity (Wildman–Crippen MR) is 113 cm³/mol. The van der Waals surface area contributed by atoms with Crippen LogP contribution in [0.3, 0.4) is 0 Å². The highest BCUT2D eigenvalue weighted by Crippen LogP contribution is 2.30. The number of likely N-dealkylation sites (tertiary alicyclic amines) is 1. The highest BCUT2D eigenvalue weighted by Gasteiger charge is 2.22. The van der Waals surface area contributed by atoms with Crippen LogP contribution in [-0.2, 0) is 16.6 Å². The zero-order chi connectivity index (χ0) is 21.1. The van der Waals surface area contributed by atoms with Gasteiger partial charge in [0.15, 0.2) is 0 Å². The van der Waals surface area contributed by atoms with Crippen LogP contribution in [0.25, 0.3) is 5.69 Å². The predicted octanol–water partition coefficient (Wildman–Crippen LogP) is 3.16. The molecular weight excluding hydrogens is 405 g/mol. The van der Waals surface area contributed by atoms with E-state index in [2.05, 4.69) is 19.9 Å². The maximum absolute atomic E-state index is 13.9. The lowest BCUT2D eigenvalue weighted by atomic mass is 9.89. The third-order valence-corrected chi connectivity index (χ3v) is 5.88. The molecule has 1 fully saturated rings. The van der Waals surface area contributed by atoms with Gasteiger partial charge in [0.25, 0.3) is 0 Å². The largest absolute Gasteiger partial charge is 0.297 e. The molecule has 0 spiro atoms. The molecule has 1 N–H and O–H groups in total. The summed E-state index contributed by atoms with van der Waals surface area (Å²) in [5, 5.41) is 8.25. The Morgan fingerprint density at radius 1 is 1.13 bits per heavy atom. The highest BCUT2D eigenvalue weighted by atomic mass is 32.2. The van der Waals surface area contributed by atoms with Gasteiger partial charge < -0.3 is 0 Å². The minimum Gasteiger partial charge on any atom is -0.297 e. The molecule has 0 amide bonds. The van der Waals surface area contributed by atoms with Gasteiger partial charge in [-0.1, -0.05) is 29.5 Å². The fourth-order valence-corrected chi connectivity index (χ4v) is 4.40. The van der Waals surface area contributed by atoms with Gasteiger partial charge in [0, 0.05) is 12.2 Å². The molecule has 30 heavy (non-hydrogen) atoms. The second kappa shape index (κ2) is 8.53. The first kappa shape index (κ1) is 20.5. The molecule has 1 aliphatic heterocycles. The van der Waals surface area contributed by atoms with Crippen molar-refractivity contribution < 1.29 is 12.8 Å². The van der Waals surface area contributed by atoms with Crippen molar-refractivity contribution in [2.45, 2.75) is 25.3 Å². The minimum absolute atomic E-state index is 0.331. The van der Waals surface area contributed by atoms with E-state index in [-0.39, 0.29) is 5.82 Å². The molecule has 2 aromatic carbocycles. The van der Waals surface area contributed by atoms with Crippen LogP contribution in [-0.4, -0.2) is 47.7 Å². The van der Waals surface area contributed by atoms with Crippen LogP contribution in [0.2, 0.25) is 0 Å². The average Bonchev–Trinajstić information content (AvgIpc) is 3.16. The lowest BCUT2D eigenvalue weighted by Crippen LogP contribution is -2.32. The topological polar surface area (TPSA) is 80.1 Å². The highest BCUT2D eigenvalue weighted by molar-refractivity contribution is 7.92. The first-order valence-corrected chi connectivity index (χ1v) is 11.7. The summed E-state index contributed by atoms with van der Waals surface area (Å²) >= 11 is 0. The number of hydrogen-bond donors (Lipinski definition) is 1. The van der Waals surface area contributed by atoms with Gasteiger partial charge >= 0.3 is 0 Å². The Morgan fingerprint density at radius 3 is 2.63 bits per heavy atom. The molecule has 1 aliphatic rings. The molecule has 0 aliphatic carbocycles. The molecule has 1 saturated heterocycles. The minimum atomic E-state index is -3.29. The molecule has 0 unspecified atom stereocenters. The number of rotatable bonds is 6. The first-order valence-electron chi connectivity index (χ1n) is 9.83. The molecular formula is C21H24FN5O2S. The van der Waals surface area contributed by atoms with Crippen molar-refractivity contribution in [3.05, 3.63) is 71.8 Å². The van der Waals surface area contributed by atoms with E-state index in [0.717, 1.165) is 43.4 Å². The van der Waals surface area contributed by atoms with Gasteiger partial charge in [-0.2, -0.15) is 0 Å². The molecule has 1 aromatic heterocycles. The summed E-state index contributed by atoms with van der Waals surface area (Å²) in [6, 6.07) is 14.1. The van der Waals surface area contributed by atoms with Crippen molar-refractivity contribution in [2.24, 2.45) is 0 Å². The number of sulfonamides is 1. The van der Waals surface area contributed by atoms with E-state index < -0.39 is 10.0 Å².